The van der Waals surface area contributed by atoms with Gasteiger partial charge < -0.3 is 15.7 Å². The zero-order valence-corrected chi connectivity index (χ0v) is 13.6. The van der Waals surface area contributed by atoms with Crippen molar-refractivity contribution in [3.8, 4) is 0 Å². The average molecular weight is 357 g/mol. The Bertz CT molecular complexity index is 480. The standard InChI is InChI=1S/C15H21BrN2O3/c1-11(6-7-15(20)21)8-9-17-10-14(19)18-13-5-3-2-4-12(13)16/h2-5,11,17H,6-10H2,1H3,(H,18,19)(H,20,21). The predicted molar refractivity (Wildman–Crippen MR) is 86.3 cm³/mol. The van der Waals surface area contributed by atoms with Gasteiger partial charge in [-0.1, -0.05) is 19.1 Å². The summed E-state index contributed by atoms with van der Waals surface area (Å²) in [5, 5.41) is 14.5. The van der Waals surface area contributed by atoms with Crippen molar-refractivity contribution < 1.29 is 14.7 Å². The molecule has 0 fully saturated rings. The highest BCUT2D eigenvalue weighted by Gasteiger charge is 2.07. The Hall–Kier alpha value is -1.40. The summed E-state index contributed by atoms with van der Waals surface area (Å²) in [5.74, 6) is -0.525. The lowest BCUT2D eigenvalue weighted by Gasteiger charge is -2.11. The molecule has 116 valence electrons. The molecule has 6 heteroatoms. The van der Waals surface area contributed by atoms with Crippen molar-refractivity contribution in [3.05, 3.63) is 28.7 Å². The fourth-order valence-electron chi connectivity index (χ4n) is 1.82. The Morgan fingerprint density at radius 1 is 1.29 bits per heavy atom. The van der Waals surface area contributed by atoms with Crippen LogP contribution in [0, 0.1) is 5.92 Å². The van der Waals surface area contributed by atoms with Crippen LogP contribution in [0.15, 0.2) is 28.7 Å². The second-order valence-electron chi connectivity index (χ2n) is 5.03. The molecule has 0 spiro atoms. The van der Waals surface area contributed by atoms with Gasteiger partial charge in [0.15, 0.2) is 0 Å². The van der Waals surface area contributed by atoms with E-state index in [1.54, 1.807) is 0 Å². The highest BCUT2D eigenvalue weighted by atomic mass is 79.9. The molecule has 1 rings (SSSR count). The lowest BCUT2D eigenvalue weighted by molar-refractivity contribution is -0.137. The van der Waals surface area contributed by atoms with Gasteiger partial charge in [-0.25, -0.2) is 0 Å². The Balaban J connectivity index is 2.16. The number of carbonyl (C=O) groups is 2. The number of para-hydroxylation sites is 1. The largest absolute Gasteiger partial charge is 0.481 e. The molecule has 1 aromatic rings. The van der Waals surface area contributed by atoms with E-state index in [0.717, 1.165) is 16.6 Å². The number of carboxylic acids is 1. The Labute approximate surface area is 133 Å². The minimum atomic E-state index is -0.761. The van der Waals surface area contributed by atoms with Crippen LogP contribution in [0.4, 0.5) is 5.69 Å². The summed E-state index contributed by atoms with van der Waals surface area (Å²) < 4.78 is 0.848. The number of benzene rings is 1. The van der Waals surface area contributed by atoms with Crippen molar-refractivity contribution >= 4 is 33.5 Å². The number of halogens is 1. The highest BCUT2D eigenvalue weighted by Crippen LogP contribution is 2.20. The first kappa shape index (κ1) is 17.7. The molecule has 0 radical (unpaired) electrons. The monoisotopic (exact) mass is 356 g/mol. The predicted octanol–water partition coefficient (Wildman–Crippen LogP) is 2.87. The van der Waals surface area contributed by atoms with Crippen LogP contribution in [0.25, 0.3) is 0 Å². The molecule has 0 aliphatic carbocycles. The van der Waals surface area contributed by atoms with E-state index in [1.165, 1.54) is 0 Å². The van der Waals surface area contributed by atoms with E-state index in [9.17, 15) is 9.59 Å². The van der Waals surface area contributed by atoms with Crippen molar-refractivity contribution in [2.45, 2.75) is 26.2 Å². The summed E-state index contributed by atoms with van der Waals surface area (Å²) in [5.41, 5.74) is 0.749. The van der Waals surface area contributed by atoms with Crippen LogP contribution < -0.4 is 10.6 Å². The number of anilines is 1. The summed E-state index contributed by atoms with van der Waals surface area (Å²) in [6, 6.07) is 7.44. The average Bonchev–Trinajstić information content (AvgIpc) is 2.44. The number of aliphatic carboxylic acids is 1. The van der Waals surface area contributed by atoms with Crippen LogP contribution in [-0.2, 0) is 9.59 Å². The maximum atomic E-state index is 11.8. The summed E-state index contributed by atoms with van der Waals surface area (Å²) >= 11 is 3.37. The second kappa shape index (κ2) is 9.52. The number of carbonyl (C=O) groups excluding carboxylic acids is 1. The second-order valence-corrected chi connectivity index (χ2v) is 5.89. The number of amides is 1. The van der Waals surface area contributed by atoms with E-state index in [2.05, 4.69) is 26.6 Å². The summed E-state index contributed by atoms with van der Waals surface area (Å²) in [6.45, 7) is 2.96. The van der Waals surface area contributed by atoms with Crippen LogP contribution in [0.3, 0.4) is 0 Å². The van der Waals surface area contributed by atoms with Gasteiger partial charge in [0.2, 0.25) is 5.91 Å². The number of rotatable bonds is 9. The first-order valence-corrected chi connectivity index (χ1v) is 7.75. The number of hydrogen-bond donors (Lipinski definition) is 3. The van der Waals surface area contributed by atoms with Crippen molar-refractivity contribution in [1.29, 1.82) is 0 Å². The molecule has 1 unspecified atom stereocenters. The third kappa shape index (κ3) is 7.82. The zero-order chi connectivity index (χ0) is 15.7. The minimum absolute atomic E-state index is 0.0971. The highest BCUT2D eigenvalue weighted by molar-refractivity contribution is 9.10. The molecule has 0 aliphatic rings. The molecule has 1 amide bonds. The van der Waals surface area contributed by atoms with Crippen molar-refractivity contribution in [3.63, 3.8) is 0 Å². The Morgan fingerprint density at radius 3 is 2.67 bits per heavy atom. The zero-order valence-electron chi connectivity index (χ0n) is 12.1. The number of carboxylic acid groups (broad SMARTS) is 1. The minimum Gasteiger partial charge on any atom is -0.481 e. The van der Waals surface area contributed by atoms with Gasteiger partial charge in [0.25, 0.3) is 0 Å². The Morgan fingerprint density at radius 2 is 2.00 bits per heavy atom. The smallest absolute Gasteiger partial charge is 0.303 e. The lowest BCUT2D eigenvalue weighted by Crippen LogP contribution is -2.29. The molecule has 0 bridgehead atoms. The third-order valence-electron chi connectivity index (χ3n) is 3.10. The van der Waals surface area contributed by atoms with Gasteiger partial charge in [-0.2, -0.15) is 0 Å². The third-order valence-corrected chi connectivity index (χ3v) is 3.79. The summed E-state index contributed by atoms with van der Waals surface area (Å²) in [6.07, 6.45) is 1.72. The van der Waals surface area contributed by atoms with Crippen molar-refractivity contribution in [1.82, 2.24) is 5.32 Å². The molecule has 5 nitrogen and oxygen atoms in total. The van der Waals surface area contributed by atoms with Gasteiger partial charge in [-0.15, -0.1) is 0 Å². The van der Waals surface area contributed by atoms with Gasteiger partial charge in [0.1, 0.15) is 0 Å². The molecule has 0 heterocycles. The van der Waals surface area contributed by atoms with E-state index < -0.39 is 5.97 Å². The lowest BCUT2D eigenvalue weighted by atomic mass is 10.0. The van der Waals surface area contributed by atoms with Crippen LogP contribution >= 0.6 is 15.9 Å². The van der Waals surface area contributed by atoms with Crippen LogP contribution in [0.2, 0.25) is 0 Å². The molecule has 1 atom stereocenters. The molecule has 1 aromatic carbocycles. The van der Waals surface area contributed by atoms with Gasteiger partial charge in [-0.3, -0.25) is 9.59 Å². The molecule has 3 N–H and O–H groups in total. The van der Waals surface area contributed by atoms with Gasteiger partial charge in [0.05, 0.1) is 12.2 Å². The van der Waals surface area contributed by atoms with Crippen LogP contribution in [0.5, 0.6) is 0 Å². The van der Waals surface area contributed by atoms with Crippen molar-refractivity contribution in [2.24, 2.45) is 5.92 Å². The van der Waals surface area contributed by atoms with Crippen molar-refractivity contribution in [2.75, 3.05) is 18.4 Å². The van der Waals surface area contributed by atoms with E-state index in [0.29, 0.717) is 18.9 Å². The van der Waals surface area contributed by atoms with E-state index >= 15 is 0 Å². The molecule has 21 heavy (non-hydrogen) atoms. The SMILES string of the molecule is CC(CCNCC(=O)Nc1ccccc1Br)CCC(=O)O. The molecular formula is C15H21BrN2O3. The van der Waals surface area contributed by atoms with Crippen LogP contribution in [0.1, 0.15) is 26.2 Å². The number of hydrogen-bond acceptors (Lipinski definition) is 3. The fraction of sp³-hybridized carbons (Fsp3) is 0.467. The summed E-state index contributed by atoms with van der Waals surface area (Å²) in [4.78, 5) is 22.2. The quantitative estimate of drug-likeness (QED) is 0.594. The van der Waals surface area contributed by atoms with Crippen LogP contribution in [-0.4, -0.2) is 30.1 Å². The first-order valence-electron chi connectivity index (χ1n) is 6.96. The topological polar surface area (TPSA) is 78.4 Å². The molecule has 0 aromatic heterocycles. The normalized spacial score (nSPS) is 11.9. The van der Waals surface area contributed by atoms with E-state index in [1.807, 2.05) is 31.2 Å². The maximum absolute atomic E-state index is 11.8. The Kier molecular flexibility index (Phi) is 8.00. The maximum Gasteiger partial charge on any atom is 0.303 e. The number of nitrogens with one attached hydrogen (secondary N) is 2. The fourth-order valence-corrected chi connectivity index (χ4v) is 2.21. The molecule has 0 saturated carbocycles. The van der Waals surface area contributed by atoms with E-state index in [4.69, 9.17) is 5.11 Å². The first-order chi connectivity index (χ1) is 9.99. The van der Waals surface area contributed by atoms with Gasteiger partial charge in [-0.05, 0) is 53.4 Å². The van der Waals surface area contributed by atoms with Gasteiger partial charge in [0, 0.05) is 10.9 Å². The molecule has 0 saturated heterocycles. The molecular weight excluding hydrogens is 336 g/mol. The van der Waals surface area contributed by atoms with E-state index in [-0.39, 0.29) is 18.9 Å². The van der Waals surface area contributed by atoms with Gasteiger partial charge >= 0.3 is 5.97 Å². The molecule has 0 aliphatic heterocycles. The summed E-state index contributed by atoms with van der Waals surface area (Å²) in [7, 11) is 0.